The van der Waals surface area contributed by atoms with Crippen molar-refractivity contribution in [2.75, 3.05) is 6.61 Å². The number of nitrogens with one attached hydrogen (secondary N) is 1. The topological polar surface area (TPSA) is 50.7 Å². The molecule has 1 aliphatic heterocycles. The van der Waals surface area contributed by atoms with Crippen LogP contribution in [0.25, 0.3) is 0 Å². The molecule has 0 fully saturated rings. The highest BCUT2D eigenvalue weighted by atomic mass is 32.1. The number of esters is 1. The molecule has 3 heterocycles. The average Bonchev–Trinajstić information content (AvgIpc) is 3.10. The molecule has 0 atom stereocenters. The first-order valence-corrected chi connectivity index (χ1v) is 10.2. The lowest BCUT2D eigenvalue weighted by atomic mass is 9.81. The molecule has 0 aromatic carbocycles. The van der Waals surface area contributed by atoms with Crippen LogP contribution in [0.4, 0.5) is 5.00 Å². The van der Waals surface area contributed by atoms with Gasteiger partial charge in [0.15, 0.2) is 0 Å². The second-order valence-corrected chi connectivity index (χ2v) is 9.22. The predicted octanol–water partition coefficient (Wildman–Crippen LogP) is 4.90. The smallest absolute Gasteiger partial charge is 0.341 e. The lowest BCUT2D eigenvalue weighted by Gasteiger charge is -2.42. The molecule has 2 aromatic heterocycles. The van der Waals surface area contributed by atoms with E-state index in [-0.39, 0.29) is 17.0 Å². The van der Waals surface area contributed by atoms with Crippen LogP contribution in [0.3, 0.4) is 0 Å². The van der Waals surface area contributed by atoms with E-state index < -0.39 is 0 Å². The largest absolute Gasteiger partial charge is 0.462 e. The van der Waals surface area contributed by atoms with Crippen LogP contribution < -0.4 is 5.32 Å². The fourth-order valence-corrected chi connectivity index (χ4v) is 5.32. The Bertz CT molecular complexity index is 802. The Kier molecular flexibility index (Phi) is 4.88. The minimum atomic E-state index is -0.272. The van der Waals surface area contributed by atoms with E-state index in [2.05, 4.69) is 38.0 Å². The molecule has 1 aliphatic rings. The molecule has 0 aliphatic carbocycles. The lowest BCUT2D eigenvalue weighted by molar-refractivity contribution is 0.0525. The summed E-state index contributed by atoms with van der Waals surface area (Å²) in [6, 6.07) is 2.01. The highest BCUT2D eigenvalue weighted by Crippen LogP contribution is 2.46. The molecule has 6 heteroatoms. The van der Waals surface area contributed by atoms with Gasteiger partial charge in [-0.15, -0.1) is 11.3 Å². The maximum atomic E-state index is 12.7. The van der Waals surface area contributed by atoms with Crippen molar-refractivity contribution in [3.8, 4) is 0 Å². The van der Waals surface area contributed by atoms with Crippen molar-refractivity contribution in [1.29, 1.82) is 0 Å². The summed E-state index contributed by atoms with van der Waals surface area (Å²) < 4.78 is 5.34. The summed E-state index contributed by atoms with van der Waals surface area (Å²) in [5.41, 5.74) is 2.46. The second-order valence-electron chi connectivity index (χ2n) is 7.44. The van der Waals surface area contributed by atoms with Crippen LogP contribution in [0, 0.1) is 0 Å². The number of aliphatic imine (C=N–C) groups is 1. The molecule has 0 spiro atoms. The van der Waals surface area contributed by atoms with E-state index in [0.29, 0.717) is 12.2 Å². The Morgan fingerprint density at radius 2 is 2.16 bits per heavy atom. The van der Waals surface area contributed by atoms with Gasteiger partial charge in [-0.2, -0.15) is 11.3 Å². The number of rotatable bonds is 4. The Labute approximate surface area is 156 Å². The van der Waals surface area contributed by atoms with Crippen molar-refractivity contribution in [2.45, 2.75) is 52.1 Å². The molecule has 0 radical (unpaired) electrons. The number of fused-ring (bicyclic) bond motifs is 1. The van der Waals surface area contributed by atoms with E-state index in [1.165, 1.54) is 4.88 Å². The zero-order chi connectivity index (χ0) is 18.2. The molecule has 2 aromatic rings. The summed E-state index contributed by atoms with van der Waals surface area (Å²) in [5.74, 6) is -0.272. The molecule has 3 rings (SSSR count). The van der Waals surface area contributed by atoms with Gasteiger partial charge in [0.25, 0.3) is 0 Å². The standard InChI is InChI=1S/C19H24N2O2S2/c1-6-23-17(22)14-13-9-18(2,3)21-19(4,5)15(13)25-16(14)20-10-12-7-8-24-11-12/h7-8,10-11,21H,6,9H2,1-5H3. The molecule has 0 saturated carbocycles. The van der Waals surface area contributed by atoms with Crippen LogP contribution in [-0.4, -0.2) is 24.3 Å². The summed E-state index contributed by atoms with van der Waals surface area (Å²) >= 11 is 3.22. The molecule has 0 amide bonds. The van der Waals surface area contributed by atoms with Gasteiger partial charge >= 0.3 is 5.97 Å². The van der Waals surface area contributed by atoms with Crippen molar-refractivity contribution in [1.82, 2.24) is 5.32 Å². The van der Waals surface area contributed by atoms with E-state index in [1.54, 1.807) is 22.7 Å². The number of hydrogen-bond donors (Lipinski definition) is 1. The van der Waals surface area contributed by atoms with Crippen molar-refractivity contribution in [3.63, 3.8) is 0 Å². The summed E-state index contributed by atoms with van der Waals surface area (Å²) in [5, 5.41) is 8.47. The van der Waals surface area contributed by atoms with Crippen LogP contribution in [0.1, 0.15) is 61.0 Å². The fraction of sp³-hybridized carbons (Fsp3) is 0.474. The summed E-state index contributed by atoms with van der Waals surface area (Å²) in [4.78, 5) is 18.5. The summed E-state index contributed by atoms with van der Waals surface area (Å²) in [6.45, 7) is 10.8. The number of carbonyl (C=O) groups excluding carboxylic acids is 1. The second kappa shape index (κ2) is 6.67. The Morgan fingerprint density at radius 3 is 2.80 bits per heavy atom. The molecule has 0 bridgehead atoms. The zero-order valence-electron chi connectivity index (χ0n) is 15.3. The Hall–Kier alpha value is -1.50. The normalized spacial score (nSPS) is 18.3. The molecular formula is C19H24N2O2S2. The third-order valence-electron chi connectivity index (χ3n) is 4.18. The van der Waals surface area contributed by atoms with Crippen LogP contribution in [0.15, 0.2) is 21.8 Å². The van der Waals surface area contributed by atoms with Gasteiger partial charge in [-0.3, -0.25) is 0 Å². The predicted molar refractivity (Wildman–Crippen MR) is 106 cm³/mol. The van der Waals surface area contributed by atoms with Crippen molar-refractivity contribution in [3.05, 3.63) is 38.4 Å². The molecule has 0 unspecified atom stereocenters. The van der Waals surface area contributed by atoms with E-state index in [0.717, 1.165) is 22.5 Å². The third kappa shape index (κ3) is 3.71. The van der Waals surface area contributed by atoms with Gasteiger partial charge in [-0.25, -0.2) is 9.79 Å². The van der Waals surface area contributed by atoms with Gasteiger partial charge in [0, 0.05) is 27.7 Å². The minimum absolute atomic E-state index is 0.0901. The van der Waals surface area contributed by atoms with E-state index in [1.807, 2.05) is 30.0 Å². The van der Waals surface area contributed by atoms with Gasteiger partial charge in [0.05, 0.1) is 12.2 Å². The highest BCUT2D eigenvalue weighted by Gasteiger charge is 2.41. The zero-order valence-corrected chi connectivity index (χ0v) is 16.9. The maximum Gasteiger partial charge on any atom is 0.341 e. The fourth-order valence-electron chi connectivity index (χ4n) is 3.50. The van der Waals surface area contributed by atoms with E-state index in [4.69, 9.17) is 4.74 Å². The van der Waals surface area contributed by atoms with Crippen molar-refractivity contribution < 1.29 is 9.53 Å². The molecule has 4 nitrogen and oxygen atoms in total. The molecule has 1 N–H and O–H groups in total. The summed E-state index contributed by atoms with van der Waals surface area (Å²) in [7, 11) is 0. The van der Waals surface area contributed by atoms with Gasteiger partial charge in [0.1, 0.15) is 5.00 Å². The van der Waals surface area contributed by atoms with Crippen LogP contribution in [-0.2, 0) is 16.7 Å². The van der Waals surface area contributed by atoms with Gasteiger partial charge < -0.3 is 10.1 Å². The van der Waals surface area contributed by atoms with Gasteiger partial charge in [-0.05, 0) is 63.4 Å². The molecule has 0 saturated heterocycles. The number of ether oxygens (including phenoxy) is 1. The first-order valence-electron chi connectivity index (χ1n) is 8.42. The monoisotopic (exact) mass is 376 g/mol. The van der Waals surface area contributed by atoms with Gasteiger partial charge in [0.2, 0.25) is 0 Å². The Morgan fingerprint density at radius 1 is 1.40 bits per heavy atom. The molecular weight excluding hydrogens is 352 g/mol. The maximum absolute atomic E-state index is 12.7. The summed E-state index contributed by atoms with van der Waals surface area (Å²) in [6.07, 6.45) is 2.60. The van der Waals surface area contributed by atoms with E-state index in [9.17, 15) is 4.79 Å². The average molecular weight is 377 g/mol. The third-order valence-corrected chi connectivity index (χ3v) is 6.34. The lowest BCUT2D eigenvalue weighted by Crippen LogP contribution is -2.55. The van der Waals surface area contributed by atoms with E-state index >= 15 is 0 Å². The SMILES string of the molecule is CCOC(=O)c1c(N=Cc2ccsc2)sc2c1CC(C)(C)NC2(C)C. The Balaban J connectivity index is 2.12. The number of hydrogen-bond acceptors (Lipinski definition) is 6. The highest BCUT2D eigenvalue weighted by molar-refractivity contribution is 7.16. The van der Waals surface area contributed by atoms with Gasteiger partial charge in [-0.1, -0.05) is 0 Å². The first kappa shape index (κ1) is 18.3. The number of carbonyl (C=O) groups is 1. The number of nitrogens with zero attached hydrogens (tertiary/aromatic N) is 1. The number of thiophene rings is 2. The van der Waals surface area contributed by atoms with Crippen LogP contribution in [0.5, 0.6) is 0 Å². The van der Waals surface area contributed by atoms with Crippen LogP contribution in [0.2, 0.25) is 0 Å². The minimum Gasteiger partial charge on any atom is -0.462 e. The molecule has 134 valence electrons. The van der Waals surface area contributed by atoms with Crippen LogP contribution >= 0.6 is 22.7 Å². The first-order chi connectivity index (χ1) is 11.7. The van der Waals surface area contributed by atoms with Crippen molar-refractivity contribution >= 4 is 39.9 Å². The molecule has 25 heavy (non-hydrogen) atoms. The quantitative estimate of drug-likeness (QED) is 0.610. The van der Waals surface area contributed by atoms with Crippen molar-refractivity contribution in [2.24, 2.45) is 4.99 Å².